The molecule has 2 nitrogen and oxygen atoms in total. The van der Waals surface area contributed by atoms with E-state index in [9.17, 15) is 4.39 Å². The molecule has 0 atom stereocenters. The minimum Gasteiger partial charge on any atom is -0.460 e. The summed E-state index contributed by atoms with van der Waals surface area (Å²) in [5.41, 5.74) is 0.912. The van der Waals surface area contributed by atoms with E-state index in [2.05, 4.69) is 5.32 Å². The summed E-state index contributed by atoms with van der Waals surface area (Å²) in [6.07, 6.45) is 6.86. The molecular formula is C18H22FNO. The van der Waals surface area contributed by atoms with Crippen LogP contribution in [0.4, 0.5) is 4.39 Å². The van der Waals surface area contributed by atoms with Crippen LogP contribution in [0.25, 0.3) is 11.3 Å². The molecule has 1 heterocycles. The van der Waals surface area contributed by atoms with Crippen LogP contribution in [0.3, 0.4) is 0 Å². The maximum Gasteiger partial charge on any atom is 0.134 e. The fourth-order valence-electron chi connectivity index (χ4n) is 3.03. The highest BCUT2D eigenvalue weighted by Crippen LogP contribution is 2.24. The third kappa shape index (κ3) is 3.94. The van der Waals surface area contributed by atoms with Gasteiger partial charge in [-0.3, -0.25) is 0 Å². The Morgan fingerprint density at radius 2 is 1.76 bits per heavy atom. The summed E-state index contributed by atoms with van der Waals surface area (Å²) in [4.78, 5) is 0. The Hall–Kier alpha value is -1.61. The third-order valence-corrected chi connectivity index (χ3v) is 4.25. The van der Waals surface area contributed by atoms with Crippen LogP contribution in [-0.4, -0.2) is 6.54 Å². The molecule has 0 aliphatic heterocycles. The van der Waals surface area contributed by atoms with Gasteiger partial charge in [0.15, 0.2) is 0 Å². The zero-order valence-corrected chi connectivity index (χ0v) is 12.3. The van der Waals surface area contributed by atoms with E-state index >= 15 is 0 Å². The predicted molar refractivity (Wildman–Crippen MR) is 82.4 cm³/mol. The van der Waals surface area contributed by atoms with Crippen molar-refractivity contribution in [1.82, 2.24) is 5.32 Å². The molecule has 2 aromatic rings. The fourth-order valence-corrected chi connectivity index (χ4v) is 3.03. The molecule has 0 saturated heterocycles. The Bertz CT molecular complexity index is 555. The average Bonchev–Trinajstić information content (AvgIpc) is 2.98. The van der Waals surface area contributed by atoms with E-state index in [1.165, 1.54) is 44.2 Å². The highest BCUT2D eigenvalue weighted by atomic mass is 19.1. The summed E-state index contributed by atoms with van der Waals surface area (Å²) in [5, 5.41) is 3.49. The lowest BCUT2D eigenvalue weighted by atomic mass is 9.89. The van der Waals surface area contributed by atoms with Crippen molar-refractivity contribution in [2.45, 2.75) is 38.6 Å². The van der Waals surface area contributed by atoms with Gasteiger partial charge in [0, 0.05) is 5.56 Å². The van der Waals surface area contributed by atoms with Crippen LogP contribution in [0, 0.1) is 11.7 Å². The molecule has 1 aliphatic carbocycles. The first-order valence-electron chi connectivity index (χ1n) is 7.86. The highest BCUT2D eigenvalue weighted by molar-refractivity contribution is 5.57. The van der Waals surface area contributed by atoms with E-state index in [4.69, 9.17) is 4.42 Å². The van der Waals surface area contributed by atoms with Crippen molar-refractivity contribution in [3.8, 4) is 11.3 Å². The van der Waals surface area contributed by atoms with Crippen LogP contribution in [0.5, 0.6) is 0 Å². The monoisotopic (exact) mass is 287 g/mol. The largest absolute Gasteiger partial charge is 0.460 e. The topological polar surface area (TPSA) is 25.2 Å². The van der Waals surface area contributed by atoms with Gasteiger partial charge in [0.05, 0.1) is 6.54 Å². The molecule has 0 amide bonds. The van der Waals surface area contributed by atoms with E-state index in [1.54, 1.807) is 12.1 Å². The van der Waals surface area contributed by atoms with Crippen molar-refractivity contribution in [2.24, 2.45) is 5.92 Å². The van der Waals surface area contributed by atoms with Gasteiger partial charge in [0.25, 0.3) is 0 Å². The maximum atomic E-state index is 12.9. The van der Waals surface area contributed by atoms with E-state index < -0.39 is 0 Å². The number of rotatable bonds is 5. The second-order valence-electron chi connectivity index (χ2n) is 5.91. The zero-order chi connectivity index (χ0) is 14.5. The van der Waals surface area contributed by atoms with E-state index in [1.807, 2.05) is 12.1 Å². The first-order chi connectivity index (χ1) is 10.3. The number of benzene rings is 1. The van der Waals surface area contributed by atoms with Crippen molar-refractivity contribution in [1.29, 1.82) is 0 Å². The maximum absolute atomic E-state index is 12.9. The number of furan rings is 1. The first kappa shape index (κ1) is 14.3. The minimum absolute atomic E-state index is 0.223. The predicted octanol–water partition coefficient (Wildman–Crippen LogP) is 4.76. The number of hydrogen-bond donors (Lipinski definition) is 1. The fraction of sp³-hybridized carbons (Fsp3) is 0.444. The molecule has 1 saturated carbocycles. The molecule has 1 aromatic heterocycles. The molecule has 1 aromatic carbocycles. The number of nitrogens with one attached hydrogen (secondary N) is 1. The van der Waals surface area contributed by atoms with E-state index in [-0.39, 0.29) is 5.82 Å². The SMILES string of the molecule is Fc1ccc(-c2ccc(CNCC3CCCCC3)o2)cc1. The summed E-state index contributed by atoms with van der Waals surface area (Å²) in [5.74, 6) is 2.33. The van der Waals surface area contributed by atoms with Crippen molar-refractivity contribution in [2.75, 3.05) is 6.54 Å². The summed E-state index contributed by atoms with van der Waals surface area (Å²) in [6.45, 7) is 1.84. The molecule has 112 valence electrons. The first-order valence-corrected chi connectivity index (χ1v) is 7.86. The van der Waals surface area contributed by atoms with Crippen molar-refractivity contribution < 1.29 is 8.81 Å². The van der Waals surface area contributed by atoms with E-state index in [0.29, 0.717) is 0 Å². The molecule has 21 heavy (non-hydrogen) atoms. The summed E-state index contributed by atoms with van der Waals surface area (Å²) < 4.78 is 18.7. The zero-order valence-electron chi connectivity index (χ0n) is 12.3. The lowest BCUT2D eigenvalue weighted by Crippen LogP contribution is -2.23. The second kappa shape index (κ2) is 6.90. The molecular weight excluding hydrogens is 265 g/mol. The molecule has 3 heteroatoms. The smallest absolute Gasteiger partial charge is 0.134 e. The van der Waals surface area contributed by atoms with Crippen molar-refractivity contribution in [3.05, 3.63) is 48.0 Å². The van der Waals surface area contributed by atoms with Crippen LogP contribution in [-0.2, 0) is 6.54 Å². The number of halogens is 1. The van der Waals surface area contributed by atoms with Gasteiger partial charge in [-0.2, -0.15) is 0 Å². The normalized spacial score (nSPS) is 16.2. The highest BCUT2D eigenvalue weighted by Gasteiger charge is 2.13. The van der Waals surface area contributed by atoms with Gasteiger partial charge in [-0.15, -0.1) is 0 Å². The third-order valence-electron chi connectivity index (χ3n) is 4.25. The minimum atomic E-state index is -0.223. The molecule has 1 aliphatic rings. The Balaban J connectivity index is 1.51. The van der Waals surface area contributed by atoms with Gasteiger partial charge in [-0.25, -0.2) is 4.39 Å². The van der Waals surface area contributed by atoms with Gasteiger partial charge in [0.1, 0.15) is 17.3 Å². The summed E-state index contributed by atoms with van der Waals surface area (Å²) >= 11 is 0. The van der Waals surface area contributed by atoms with Gasteiger partial charge < -0.3 is 9.73 Å². The molecule has 1 N–H and O–H groups in total. The number of hydrogen-bond acceptors (Lipinski definition) is 2. The van der Waals surface area contributed by atoms with Crippen LogP contribution in [0.2, 0.25) is 0 Å². The van der Waals surface area contributed by atoms with Crippen molar-refractivity contribution >= 4 is 0 Å². The Morgan fingerprint density at radius 1 is 1.00 bits per heavy atom. The standard InChI is InChI=1S/C18H22FNO/c19-16-8-6-15(7-9-16)18-11-10-17(21-18)13-20-12-14-4-2-1-3-5-14/h6-11,14,20H,1-5,12-13H2. The van der Waals surface area contributed by atoms with Gasteiger partial charge >= 0.3 is 0 Å². The van der Waals surface area contributed by atoms with Crippen LogP contribution >= 0.6 is 0 Å². The second-order valence-corrected chi connectivity index (χ2v) is 5.91. The molecule has 0 bridgehead atoms. The van der Waals surface area contributed by atoms with Crippen LogP contribution in [0.15, 0.2) is 40.8 Å². The van der Waals surface area contributed by atoms with Crippen molar-refractivity contribution in [3.63, 3.8) is 0 Å². The van der Waals surface area contributed by atoms with Crippen LogP contribution < -0.4 is 5.32 Å². The Kier molecular flexibility index (Phi) is 4.71. The Morgan fingerprint density at radius 3 is 2.52 bits per heavy atom. The van der Waals surface area contributed by atoms with E-state index in [0.717, 1.165) is 36.1 Å². The van der Waals surface area contributed by atoms with Crippen LogP contribution in [0.1, 0.15) is 37.9 Å². The summed E-state index contributed by atoms with van der Waals surface area (Å²) in [6, 6.07) is 10.3. The lowest BCUT2D eigenvalue weighted by molar-refractivity contribution is 0.337. The average molecular weight is 287 g/mol. The molecule has 3 rings (SSSR count). The Labute approximate surface area is 125 Å². The van der Waals surface area contributed by atoms with Gasteiger partial charge in [-0.05, 0) is 61.7 Å². The molecule has 1 fully saturated rings. The lowest BCUT2D eigenvalue weighted by Gasteiger charge is -2.21. The molecule has 0 radical (unpaired) electrons. The molecule has 0 spiro atoms. The molecule has 0 unspecified atom stereocenters. The quantitative estimate of drug-likeness (QED) is 0.858. The summed E-state index contributed by atoms with van der Waals surface area (Å²) in [7, 11) is 0. The van der Waals surface area contributed by atoms with Gasteiger partial charge in [-0.1, -0.05) is 19.3 Å². The van der Waals surface area contributed by atoms with Gasteiger partial charge in [0.2, 0.25) is 0 Å².